The summed E-state index contributed by atoms with van der Waals surface area (Å²) in [5.74, 6) is -0.909. The van der Waals surface area contributed by atoms with Crippen LogP contribution < -0.4 is 0 Å². The van der Waals surface area contributed by atoms with Crippen molar-refractivity contribution >= 4 is 27.9 Å². The molecule has 13 heavy (non-hydrogen) atoms. The summed E-state index contributed by atoms with van der Waals surface area (Å²) in [6.07, 6.45) is -0.0342. The predicted molar refractivity (Wildman–Crippen MR) is 50.6 cm³/mol. The first-order valence-corrected chi connectivity index (χ1v) is 4.66. The van der Waals surface area contributed by atoms with Gasteiger partial charge in [0.2, 0.25) is 0 Å². The summed E-state index contributed by atoms with van der Waals surface area (Å²) in [6.45, 7) is 3.58. The Bertz CT molecular complexity index is 200. The highest BCUT2D eigenvalue weighted by atomic mass is 79.9. The summed E-state index contributed by atoms with van der Waals surface area (Å²) in [4.78, 5) is 22.1. The van der Waals surface area contributed by atoms with E-state index >= 15 is 0 Å². The van der Waals surface area contributed by atoms with Crippen molar-refractivity contribution in [2.45, 2.75) is 24.6 Å². The minimum absolute atomic E-state index is 0.0342. The number of carbonyl (C=O) groups is 2. The molecule has 0 radical (unpaired) electrons. The van der Waals surface area contributed by atoms with E-state index in [0.717, 1.165) is 0 Å². The molecule has 0 rings (SSSR count). The van der Waals surface area contributed by atoms with Crippen molar-refractivity contribution in [3.05, 3.63) is 0 Å². The smallest absolute Gasteiger partial charge is 0.322 e. The summed E-state index contributed by atoms with van der Waals surface area (Å²) >= 11 is 3.10. The van der Waals surface area contributed by atoms with Gasteiger partial charge in [0.25, 0.3) is 0 Å². The van der Waals surface area contributed by atoms with Crippen molar-refractivity contribution < 1.29 is 19.1 Å². The number of rotatable bonds is 4. The van der Waals surface area contributed by atoms with E-state index in [0.29, 0.717) is 6.61 Å². The van der Waals surface area contributed by atoms with Gasteiger partial charge in [-0.3, -0.25) is 9.59 Å². The molecule has 1 unspecified atom stereocenters. The summed E-state index contributed by atoms with van der Waals surface area (Å²) in [5, 5.41) is 0. The SMILES string of the molecule is CCOC(=O)CC(C)(Br)C(=O)OC. The van der Waals surface area contributed by atoms with Gasteiger partial charge in [0.15, 0.2) is 0 Å². The minimum Gasteiger partial charge on any atom is -0.468 e. The van der Waals surface area contributed by atoms with Crippen molar-refractivity contribution in [1.82, 2.24) is 0 Å². The molecule has 0 spiro atoms. The largest absolute Gasteiger partial charge is 0.468 e. The van der Waals surface area contributed by atoms with Crippen LogP contribution in [0.1, 0.15) is 20.3 Å². The topological polar surface area (TPSA) is 52.6 Å². The fourth-order valence-corrected chi connectivity index (χ4v) is 1.16. The summed E-state index contributed by atoms with van der Waals surface area (Å²) in [5.41, 5.74) is 0. The van der Waals surface area contributed by atoms with E-state index in [1.54, 1.807) is 13.8 Å². The van der Waals surface area contributed by atoms with Crippen LogP contribution in [-0.4, -0.2) is 30.0 Å². The lowest BCUT2D eigenvalue weighted by Crippen LogP contribution is -2.32. The van der Waals surface area contributed by atoms with Crippen molar-refractivity contribution in [1.29, 1.82) is 0 Å². The van der Waals surface area contributed by atoms with Gasteiger partial charge in [-0.25, -0.2) is 0 Å². The molecule has 5 heteroatoms. The molecule has 0 aliphatic heterocycles. The van der Waals surface area contributed by atoms with Gasteiger partial charge in [0, 0.05) is 0 Å². The van der Waals surface area contributed by atoms with Gasteiger partial charge < -0.3 is 9.47 Å². The van der Waals surface area contributed by atoms with Crippen LogP contribution in [0.5, 0.6) is 0 Å². The Balaban J connectivity index is 4.16. The lowest BCUT2D eigenvalue weighted by Gasteiger charge is -2.17. The van der Waals surface area contributed by atoms with Gasteiger partial charge in [0.05, 0.1) is 20.1 Å². The summed E-state index contributed by atoms with van der Waals surface area (Å²) < 4.78 is 8.20. The van der Waals surface area contributed by atoms with E-state index in [-0.39, 0.29) is 6.42 Å². The van der Waals surface area contributed by atoms with Gasteiger partial charge in [-0.15, -0.1) is 0 Å². The molecule has 0 fully saturated rings. The van der Waals surface area contributed by atoms with Crippen LogP contribution in [0.3, 0.4) is 0 Å². The number of hydrogen-bond acceptors (Lipinski definition) is 4. The maximum Gasteiger partial charge on any atom is 0.322 e. The average molecular weight is 253 g/mol. The Morgan fingerprint density at radius 1 is 1.46 bits per heavy atom. The van der Waals surface area contributed by atoms with Crippen LogP contribution in [0.25, 0.3) is 0 Å². The normalized spacial score (nSPS) is 14.5. The number of esters is 2. The molecule has 0 aliphatic rings. The fraction of sp³-hybridized carbons (Fsp3) is 0.750. The van der Waals surface area contributed by atoms with Crippen LogP contribution in [0, 0.1) is 0 Å². The Morgan fingerprint density at radius 3 is 2.38 bits per heavy atom. The average Bonchev–Trinajstić information content (AvgIpc) is 2.02. The fourth-order valence-electron chi connectivity index (χ4n) is 0.768. The molecule has 0 aromatic carbocycles. The highest BCUT2D eigenvalue weighted by Gasteiger charge is 2.34. The first-order valence-electron chi connectivity index (χ1n) is 3.87. The van der Waals surface area contributed by atoms with Gasteiger partial charge in [0.1, 0.15) is 4.32 Å². The molecule has 0 aromatic heterocycles. The van der Waals surface area contributed by atoms with E-state index in [9.17, 15) is 9.59 Å². The Hall–Kier alpha value is -0.580. The minimum atomic E-state index is -0.992. The van der Waals surface area contributed by atoms with Crippen LogP contribution >= 0.6 is 15.9 Å². The lowest BCUT2D eigenvalue weighted by molar-refractivity contribution is -0.150. The van der Waals surface area contributed by atoms with Gasteiger partial charge in [-0.05, 0) is 13.8 Å². The molecule has 0 amide bonds. The zero-order valence-electron chi connectivity index (χ0n) is 7.93. The third-order valence-electron chi connectivity index (χ3n) is 1.39. The molecule has 0 aliphatic carbocycles. The van der Waals surface area contributed by atoms with E-state index < -0.39 is 16.3 Å². The van der Waals surface area contributed by atoms with E-state index in [1.165, 1.54) is 7.11 Å². The first-order chi connectivity index (χ1) is 5.94. The molecule has 1 atom stereocenters. The van der Waals surface area contributed by atoms with E-state index in [4.69, 9.17) is 4.74 Å². The van der Waals surface area contributed by atoms with Crippen molar-refractivity contribution in [3.63, 3.8) is 0 Å². The van der Waals surface area contributed by atoms with Crippen molar-refractivity contribution in [3.8, 4) is 0 Å². The van der Waals surface area contributed by atoms with Gasteiger partial charge in [-0.1, -0.05) is 15.9 Å². The molecule has 4 nitrogen and oxygen atoms in total. The molecule has 0 saturated carbocycles. The zero-order valence-corrected chi connectivity index (χ0v) is 9.51. The molecule has 0 saturated heterocycles. The highest BCUT2D eigenvalue weighted by molar-refractivity contribution is 9.10. The quantitative estimate of drug-likeness (QED) is 0.559. The first kappa shape index (κ1) is 12.4. The Kier molecular flexibility index (Phi) is 4.98. The standard InChI is InChI=1S/C8H13BrO4/c1-4-13-6(10)5-8(2,9)7(11)12-3/h4-5H2,1-3H3. The second kappa shape index (κ2) is 5.21. The third kappa shape index (κ3) is 4.26. The lowest BCUT2D eigenvalue weighted by atomic mass is 10.1. The number of halogens is 1. The molecule has 0 bridgehead atoms. The van der Waals surface area contributed by atoms with E-state index in [1.807, 2.05) is 0 Å². The Morgan fingerprint density at radius 2 is 2.00 bits per heavy atom. The molecular weight excluding hydrogens is 240 g/mol. The molecule has 76 valence electrons. The van der Waals surface area contributed by atoms with Crippen LogP contribution in [0.15, 0.2) is 0 Å². The predicted octanol–water partition coefficient (Wildman–Crippen LogP) is 1.27. The van der Waals surface area contributed by atoms with Crippen molar-refractivity contribution in [2.75, 3.05) is 13.7 Å². The molecule has 0 N–H and O–H groups in total. The van der Waals surface area contributed by atoms with Crippen LogP contribution in [-0.2, 0) is 19.1 Å². The Labute approximate surface area is 85.7 Å². The summed E-state index contributed by atoms with van der Waals surface area (Å²) in [7, 11) is 1.27. The molecule has 0 heterocycles. The second-order valence-corrected chi connectivity index (χ2v) is 4.42. The van der Waals surface area contributed by atoms with E-state index in [2.05, 4.69) is 20.7 Å². The molecule has 0 aromatic rings. The third-order valence-corrected chi connectivity index (χ3v) is 2.00. The number of ether oxygens (including phenoxy) is 2. The summed E-state index contributed by atoms with van der Waals surface area (Å²) in [6, 6.07) is 0. The maximum atomic E-state index is 11.1. The van der Waals surface area contributed by atoms with Crippen LogP contribution in [0.4, 0.5) is 0 Å². The second-order valence-electron chi connectivity index (χ2n) is 2.67. The highest BCUT2D eigenvalue weighted by Crippen LogP contribution is 2.23. The monoisotopic (exact) mass is 252 g/mol. The van der Waals surface area contributed by atoms with Crippen LogP contribution in [0.2, 0.25) is 0 Å². The van der Waals surface area contributed by atoms with Gasteiger partial charge >= 0.3 is 11.9 Å². The zero-order chi connectivity index (χ0) is 10.5. The number of carbonyl (C=O) groups excluding carboxylic acids is 2. The van der Waals surface area contributed by atoms with Gasteiger partial charge in [-0.2, -0.15) is 0 Å². The maximum absolute atomic E-state index is 11.1. The number of methoxy groups -OCH3 is 1. The molecular formula is C8H13BrO4. The van der Waals surface area contributed by atoms with Crippen molar-refractivity contribution in [2.24, 2.45) is 0 Å². The number of alkyl halides is 1. The number of hydrogen-bond donors (Lipinski definition) is 0.